The van der Waals surface area contributed by atoms with Crippen molar-refractivity contribution in [2.75, 3.05) is 0 Å². The van der Waals surface area contributed by atoms with Gasteiger partial charge in [0, 0.05) is 37.4 Å². The second kappa shape index (κ2) is 13.1. The summed E-state index contributed by atoms with van der Waals surface area (Å²) < 4.78 is 42.9. The Morgan fingerprint density at radius 1 is 0.623 bits per heavy atom. The third-order valence-corrected chi connectivity index (χ3v) is 13.5. The molecule has 7 aromatic carbocycles. The Morgan fingerprint density at radius 2 is 1.34 bits per heavy atom. The third kappa shape index (κ3) is 5.38. The molecule has 12 aromatic rings. The topological polar surface area (TPSA) is 41.3 Å². The summed E-state index contributed by atoms with van der Waals surface area (Å²) >= 11 is 2.38. The molecule has 0 radical (unpaired) electrons. The van der Waals surface area contributed by atoms with Gasteiger partial charge in [-0.25, -0.2) is 0 Å². The van der Waals surface area contributed by atoms with Gasteiger partial charge in [-0.1, -0.05) is 66.7 Å². The molecule has 0 spiro atoms. The van der Waals surface area contributed by atoms with E-state index in [4.69, 9.17) is 13.8 Å². The van der Waals surface area contributed by atoms with Crippen LogP contribution in [-0.2, 0) is 31.8 Å². The zero-order valence-corrected chi connectivity index (χ0v) is 36.1. The van der Waals surface area contributed by atoms with E-state index in [1.807, 2.05) is 41.0 Å². The Morgan fingerprint density at radius 3 is 2.15 bits per heavy atom. The summed E-state index contributed by atoms with van der Waals surface area (Å²) in [4.78, 5) is 5.05. The predicted molar refractivity (Wildman–Crippen MR) is 245 cm³/mol. The van der Waals surface area contributed by atoms with Gasteiger partial charge in [0.15, 0.2) is 0 Å². The summed E-state index contributed by atoms with van der Waals surface area (Å²) in [5, 5.41) is 6.66. The molecule has 0 fully saturated rings. The number of ether oxygens (including phenoxy) is 1. The second-order valence-electron chi connectivity index (χ2n) is 16.9. The molecular formula is C54H39N5OPt-2. The van der Waals surface area contributed by atoms with Crippen LogP contribution >= 0.6 is 0 Å². The fraction of sp³-hybridized carbons (Fsp3) is 0.111. The van der Waals surface area contributed by atoms with Crippen molar-refractivity contribution < 1.29 is 28.2 Å². The second-order valence-corrected chi connectivity index (χ2v) is 17.9. The Kier molecular flexibility index (Phi) is 7.10. The van der Waals surface area contributed by atoms with E-state index in [2.05, 4.69) is 170 Å². The van der Waals surface area contributed by atoms with Gasteiger partial charge in [0.25, 0.3) is 0 Å². The number of imidazole rings is 1. The molecule has 5 aromatic heterocycles. The summed E-state index contributed by atoms with van der Waals surface area (Å²) in [5.41, 5.74) is 10.5. The summed E-state index contributed by atoms with van der Waals surface area (Å²) in [6, 6.07) is 54.8. The van der Waals surface area contributed by atoms with Gasteiger partial charge < -0.3 is 4.40 Å². The molecule has 0 saturated heterocycles. The number of rotatable bonds is 5. The fourth-order valence-electron chi connectivity index (χ4n) is 9.30. The Balaban J connectivity index is 1.11. The van der Waals surface area contributed by atoms with Crippen LogP contribution in [0.25, 0.3) is 93.6 Å². The minimum Gasteiger partial charge on any atom is -0.0622 e. The molecule has 298 valence electrons. The Labute approximate surface area is 367 Å². The molecule has 0 aliphatic heterocycles. The normalized spacial score (nSPS) is 13.4. The molecule has 7 heteroatoms. The molecule has 0 bridgehead atoms. The van der Waals surface area contributed by atoms with E-state index < -0.39 is 6.85 Å². The van der Waals surface area contributed by atoms with Crippen molar-refractivity contribution in [3.8, 4) is 34.1 Å². The first kappa shape index (κ1) is 33.0. The molecule has 0 aliphatic rings. The van der Waals surface area contributed by atoms with Crippen LogP contribution in [-0.4, -0.2) is 23.1 Å². The van der Waals surface area contributed by atoms with Gasteiger partial charge >= 0.3 is 220 Å². The van der Waals surface area contributed by atoms with E-state index in [1.54, 1.807) is 12.3 Å². The van der Waals surface area contributed by atoms with Crippen molar-refractivity contribution in [2.24, 2.45) is 7.05 Å². The third-order valence-electron chi connectivity index (χ3n) is 12.3. The van der Waals surface area contributed by atoms with E-state index in [1.165, 1.54) is 21.7 Å². The van der Waals surface area contributed by atoms with Crippen LogP contribution < -0.4 is 4.74 Å². The van der Waals surface area contributed by atoms with Gasteiger partial charge in [-0.2, -0.15) is 0 Å². The molecule has 0 aliphatic carbocycles. The fourth-order valence-corrected chi connectivity index (χ4v) is 10.1. The van der Waals surface area contributed by atoms with Gasteiger partial charge in [0.2, 0.25) is 0 Å². The first-order valence-electron chi connectivity index (χ1n) is 21.9. The molecule has 61 heavy (non-hydrogen) atoms. The first-order valence-corrected chi connectivity index (χ1v) is 21.5. The first-order chi connectivity index (χ1) is 30.8. The van der Waals surface area contributed by atoms with Gasteiger partial charge in [0.05, 0.1) is 16.6 Å². The predicted octanol–water partition coefficient (Wildman–Crippen LogP) is 13.4. The molecule has 0 unspecified atom stereocenters. The molecule has 5 heterocycles. The number of hydrogen-bond donors (Lipinski definition) is 0. The average molecular weight is 972 g/mol. The number of nitrogens with zero attached hydrogens (tertiary/aromatic N) is 5. The van der Waals surface area contributed by atoms with Crippen LogP contribution in [0, 0.1) is 22.8 Å². The van der Waals surface area contributed by atoms with Gasteiger partial charge in [-0.15, -0.1) is 0 Å². The number of fused-ring (bicyclic) bond motifs is 10. The molecule has 0 N–H and O–H groups in total. The SMILES string of the molecule is [2H]C([2H])([2H])c1cc(-n2c3[c-]c(Oc4[c-]c(-n5[c](=[Pt])n(C)c6ccccc65)cc(C(C)(C)C)c4)ccc3c3cc4c5cccc6c7ccccc7n(c4cc32)c65)ncc1-c1ccccc1. The number of aryl methyl sites for hydroxylation is 2. The molecule has 12 rings (SSSR count). The molecule has 0 amide bonds. The Hall–Kier alpha value is -6.75. The van der Waals surface area contributed by atoms with Crippen LogP contribution in [0.4, 0.5) is 0 Å². The van der Waals surface area contributed by atoms with Crippen molar-refractivity contribution in [2.45, 2.75) is 33.0 Å². The van der Waals surface area contributed by atoms with Gasteiger partial charge in [-0.3, -0.25) is 0 Å². The van der Waals surface area contributed by atoms with E-state index in [0.29, 0.717) is 28.4 Å². The quantitative estimate of drug-likeness (QED) is 0.161. The monoisotopic (exact) mass is 971 g/mol. The van der Waals surface area contributed by atoms with Crippen LogP contribution in [0.2, 0.25) is 0 Å². The van der Waals surface area contributed by atoms with Crippen molar-refractivity contribution in [3.05, 3.63) is 173 Å². The van der Waals surface area contributed by atoms with Crippen LogP contribution in [0.5, 0.6) is 11.5 Å². The zero-order chi connectivity index (χ0) is 43.8. The van der Waals surface area contributed by atoms with E-state index in [9.17, 15) is 0 Å². The molecule has 0 saturated carbocycles. The van der Waals surface area contributed by atoms with E-state index in [0.717, 1.165) is 64.4 Å². The van der Waals surface area contributed by atoms with Crippen molar-refractivity contribution in [3.63, 3.8) is 0 Å². The number of para-hydroxylation sites is 4. The van der Waals surface area contributed by atoms with Crippen LogP contribution in [0.3, 0.4) is 0 Å². The number of aromatic nitrogens is 5. The number of benzene rings is 7. The van der Waals surface area contributed by atoms with Crippen LogP contribution in [0.1, 0.15) is 36.0 Å². The summed E-state index contributed by atoms with van der Waals surface area (Å²) in [6.07, 6.45) is 1.69. The summed E-state index contributed by atoms with van der Waals surface area (Å²) in [7, 11) is 2.08. The summed E-state index contributed by atoms with van der Waals surface area (Å²) in [6.45, 7) is 4.19. The minimum absolute atomic E-state index is 0.188. The van der Waals surface area contributed by atoms with E-state index in [-0.39, 0.29) is 11.0 Å². The average Bonchev–Trinajstić information content (AvgIpc) is 3.98. The minimum atomic E-state index is -2.41. The number of pyridine rings is 1. The molecule has 0 atom stereocenters. The van der Waals surface area contributed by atoms with Crippen molar-refractivity contribution >= 4 is 70.9 Å². The summed E-state index contributed by atoms with van der Waals surface area (Å²) in [5.74, 6) is 1.53. The Bertz CT molecular complexity index is 3940. The zero-order valence-electron chi connectivity index (χ0n) is 36.8. The smallest absolute Gasteiger partial charge is 0.0622 e. The molecule has 6 nitrogen and oxygen atoms in total. The van der Waals surface area contributed by atoms with Crippen molar-refractivity contribution in [1.82, 2.24) is 23.1 Å². The standard InChI is InChI=1S/C54H39N5O.Pt/c1-33-24-52(55-31-45(33)34-14-7-6-8-15-34)58-49-28-37(60-38-26-35(54(2,3)4)25-36(27-38)57-32-56(5)47-20-11-12-21-48(47)57)22-23-40(49)43-29-44-42-18-13-17-41-39-16-9-10-19-46(39)59(53(41)42)51(44)30-50(43)58;/h6-26,29-31H,1-5H3;/q-2;/i1D3;. The number of hydrogen-bond acceptors (Lipinski definition) is 2. The van der Waals surface area contributed by atoms with Crippen molar-refractivity contribution in [1.29, 1.82) is 0 Å². The molecular weight excluding hydrogens is 930 g/mol. The van der Waals surface area contributed by atoms with E-state index >= 15 is 0 Å². The maximum absolute atomic E-state index is 8.73. The van der Waals surface area contributed by atoms with Crippen LogP contribution in [0.15, 0.2) is 146 Å². The maximum atomic E-state index is 8.73. The van der Waals surface area contributed by atoms with Gasteiger partial charge in [-0.05, 0) is 24.0 Å². The van der Waals surface area contributed by atoms with Gasteiger partial charge in [0.1, 0.15) is 0 Å².